The summed E-state index contributed by atoms with van der Waals surface area (Å²) in [6, 6.07) is 12.6. The van der Waals surface area contributed by atoms with Crippen LogP contribution in [0.15, 0.2) is 48.5 Å². The number of fused-ring (bicyclic) bond motifs is 2. The summed E-state index contributed by atoms with van der Waals surface area (Å²) in [6.45, 7) is 1.92. The molecule has 2 saturated heterocycles. The van der Waals surface area contributed by atoms with Crippen molar-refractivity contribution >= 4 is 36.4 Å². The van der Waals surface area contributed by atoms with Gasteiger partial charge in [0, 0.05) is 23.3 Å². The summed E-state index contributed by atoms with van der Waals surface area (Å²) in [5.74, 6) is -4.93. The topological polar surface area (TPSA) is 186 Å². The van der Waals surface area contributed by atoms with Crippen LogP contribution in [0.5, 0.6) is 0 Å². The monoisotopic (exact) mass is 582 g/mol. The van der Waals surface area contributed by atoms with Crippen molar-refractivity contribution in [2.75, 3.05) is 7.05 Å². The maximum absolute atomic E-state index is 13.5. The lowest BCUT2D eigenvalue weighted by Gasteiger charge is -2.44. The van der Waals surface area contributed by atoms with Crippen molar-refractivity contribution in [3.05, 3.63) is 54.2 Å². The van der Waals surface area contributed by atoms with Gasteiger partial charge in [0.2, 0.25) is 11.8 Å². The molecule has 5 atom stereocenters. The standard InChI is InChI=1S/C28H35BN4O9/c1-16(2)13-21(29-40-23(36)15-28(42-29,27(39)41-29)14-22(35)30-4)32-26(38)24(17(3)34)33-25(37)20-12-8-11-19(31-20)18-9-6-5-7-10-18/h5-12,16-17,21,24,34,40H,13-15H2,1-4H3,(H,30,35)(H,32,38)(H,33,37)/t17-,21+,24+,28-,29?/m1/s1. The van der Waals surface area contributed by atoms with Crippen LogP contribution in [-0.2, 0) is 28.5 Å². The van der Waals surface area contributed by atoms with Crippen LogP contribution in [0, 0.1) is 5.92 Å². The molecule has 0 saturated carbocycles. The maximum Gasteiger partial charge on any atom is 0.594 e. The Hall–Kier alpha value is -4.30. The quantitative estimate of drug-likeness (QED) is 0.211. The van der Waals surface area contributed by atoms with E-state index in [9.17, 15) is 29.1 Å². The highest BCUT2D eigenvalue weighted by Gasteiger charge is 2.68. The van der Waals surface area contributed by atoms with Crippen LogP contribution in [0.2, 0.25) is 0 Å². The van der Waals surface area contributed by atoms with Crippen molar-refractivity contribution in [3.8, 4) is 11.3 Å². The molecular formula is C28H35BN4O9. The van der Waals surface area contributed by atoms with Crippen molar-refractivity contribution in [1.82, 2.24) is 20.9 Å². The van der Waals surface area contributed by atoms with Gasteiger partial charge in [-0.15, -0.1) is 0 Å². The third-order valence-corrected chi connectivity index (χ3v) is 7.19. The van der Waals surface area contributed by atoms with E-state index in [4.69, 9.17) is 9.31 Å². The summed E-state index contributed by atoms with van der Waals surface area (Å²) in [5, 5.41) is 18.1. The second kappa shape index (κ2) is 12.3. The summed E-state index contributed by atoms with van der Waals surface area (Å²) in [4.78, 5) is 68.9. The van der Waals surface area contributed by atoms with E-state index < -0.39 is 72.9 Å². The van der Waals surface area contributed by atoms with Crippen LogP contribution < -0.4 is 16.0 Å². The maximum atomic E-state index is 13.5. The van der Waals surface area contributed by atoms with E-state index in [2.05, 4.69) is 25.6 Å². The third kappa shape index (κ3) is 6.44. The lowest BCUT2D eigenvalue weighted by Crippen LogP contribution is -2.68. The smallest absolute Gasteiger partial charge is 0.594 e. The molecule has 1 aromatic heterocycles. The third-order valence-electron chi connectivity index (χ3n) is 7.19. The number of carbonyl (C=O) groups excluding carboxylic acids is 4. The van der Waals surface area contributed by atoms with Gasteiger partial charge < -0.3 is 35.0 Å². The minimum atomic E-state index is -3.08. The number of aliphatic hydroxyl groups excluding tert-OH is 1. The summed E-state index contributed by atoms with van der Waals surface area (Å²) in [5.41, 5.74) is -0.508. The molecule has 0 aliphatic carbocycles. The fourth-order valence-corrected chi connectivity index (χ4v) is 5.16. The first-order valence-corrected chi connectivity index (χ1v) is 13.7. The van der Waals surface area contributed by atoms with Crippen molar-refractivity contribution in [2.24, 2.45) is 5.92 Å². The molecule has 5 N–H and O–H groups in total. The van der Waals surface area contributed by atoms with Crippen LogP contribution in [-0.4, -0.2) is 81.9 Å². The lowest BCUT2D eigenvalue weighted by atomic mass is 9.64. The fraction of sp³-hybridized carbons (Fsp3) is 0.429. The molecule has 2 aliphatic heterocycles. The fourth-order valence-electron chi connectivity index (χ4n) is 5.16. The van der Waals surface area contributed by atoms with E-state index >= 15 is 0 Å². The minimum Gasteiger partial charge on any atom is -0.717 e. The molecule has 4 rings (SSSR count). The van der Waals surface area contributed by atoms with Crippen molar-refractivity contribution in [2.45, 2.75) is 63.7 Å². The van der Waals surface area contributed by atoms with Crippen molar-refractivity contribution in [3.63, 3.8) is 0 Å². The first-order chi connectivity index (χ1) is 19.9. The van der Waals surface area contributed by atoms with Crippen LogP contribution in [0.4, 0.5) is 0 Å². The molecule has 2 aliphatic rings. The zero-order valence-electron chi connectivity index (χ0n) is 23.8. The molecule has 2 bridgehead atoms. The second-order valence-corrected chi connectivity index (χ2v) is 11.0. The molecule has 2 aromatic rings. The predicted octanol–water partition coefficient (Wildman–Crippen LogP) is 0.143. The van der Waals surface area contributed by atoms with Gasteiger partial charge in [0.1, 0.15) is 18.2 Å². The van der Waals surface area contributed by atoms with Gasteiger partial charge in [-0.05, 0) is 25.0 Å². The molecule has 3 amide bonds. The number of nitrogens with one attached hydrogen (secondary N) is 3. The number of carboxylic acids is 1. The number of hydrogen-bond acceptors (Lipinski definition) is 9. The van der Waals surface area contributed by atoms with Gasteiger partial charge in [-0.25, -0.2) is 4.98 Å². The Morgan fingerprint density at radius 1 is 1.07 bits per heavy atom. The highest BCUT2D eigenvalue weighted by molar-refractivity contribution is 6.67. The number of aliphatic hydroxyl groups is 1. The number of rotatable bonds is 11. The van der Waals surface area contributed by atoms with Gasteiger partial charge in [-0.3, -0.25) is 19.2 Å². The SMILES string of the molecule is CNC(=O)C[C@@]12CC(=O)[OH+][B-]([C@H](CC(C)C)NC(=O)[C@@H](NC(=O)c3cccc(-c4ccccc4)n3)[C@@H](C)O)(OC1=O)O2. The van der Waals surface area contributed by atoms with Gasteiger partial charge in [0.25, 0.3) is 11.9 Å². The van der Waals surface area contributed by atoms with E-state index in [1.54, 1.807) is 12.1 Å². The molecule has 0 radical (unpaired) electrons. The molecule has 0 spiro atoms. The molecule has 1 unspecified atom stereocenters. The molecular weight excluding hydrogens is 547 g/mol. The number of nitrogens with zero attached hydrogens (tertiary/aromatic N) is 1. The average molecular weight is 582 g/mol. The number of aromatic nitrogens is 1. The van der Waals surface area contributed by atoms with Gasteiger partial charge in [0.05, 0.1) is 18.2 Å². The number of pyridine rings is 1. The molecule has 2 fully saturated rings. The summed E-state index contributed by atoms with van der Waals surface area (Å²) in [6.07, 6.45) is -2.13. The first-order valence-electron chi connectivity index (χ1n) is 13.7. The number of aliphatic carboxylic acids is 1. The molecule has 1 aromatic carbocycles. The summed E-state index contributed by atoms with van der Waals surface area (Å²) in [7, 11) is 1.38. The minimum absolute atomic E-state index is 0.0243. The zero-order valence-corrected chi connectivity index (χ0v) is 23.8. The number of amides is 3. The van der Waals surface area contributed by atoms with E-state index in [0.29, 0.717) is 5.69 Å². The van der Waals surface area contributed by atoms with Gasteiger partial charge >= 0.3 is 12.7 Å². The second-order valence-electron chi connectivity index (χ2n) is 11.0. The van der Waals surface area contributed by atoms with Crippen LogP contribution >= 0.6 is 0 Å². The summed E-state index contributed by atoms with van der Waals surface area (Å²) < 4.78 is 15.6. The largest absolute Gasteiger partial charge is 0.717 e. The normalized spacial score (nSPS) is 23.3. The number of carbonyl (C=O) groups is 5. The zero-order chi connectivity index (χ0) is 30.7. The molecule has 224 valence electrons. The molecule has 13 nitrogen and oxygen atoms in total. The lowest BCUT2D eigenvalue weighted by molar-refractivity contribution is -0.169. The average Bonchev–Trinajstić information content (AvgIpc) is 3.15. The highest BCUT2D eigenvalue weighted by Crippen LogP contribution is 2.41. The first kappa shape index (κ1) is 30.7. The Labute approximate surface area is 242 Å². The van der Waals surface area contributed by atoms with Crippen LogP contribution in [0.1, 0.15) is 50.5 Å². The van der Waals surface area contributed by atoms with Crippen LogP contribution in [0.3, 0.4) is 0 Å². The Bertz CT molecular complexity index is 1370. The Morgan fingerprint density at radius 2 is 1.79 bits per heavy atom. The molecule has 14 heteroatoms. The Morgan fingerprint density at radius 3 is 2.43 bits per heavy atom. The van der Waals surface area contributed by atoms with Gasteiger partial charge in [-0.2, -0.15) is 0 Å². The number of hydrogen-bond donors (Lipinski definition) is 4. The van der Waals surface area contributed by atoms with Crippen molar-refractivity contribution in [1.29, 1.82) is 0 Å². The van der Waals surface area contributed by atoms with E-state index in [1.165, 1.54) is 20.0 Å². The number of benzene rings is 1. The van der Waals surface area contributed by atoms with Gasteiger partial charge in [-0.1, -0.05) is 56.7 Å². The van der Waals surface area contributed by atoms with Crippen molar-refractivity contribution < 1.29 is 43.0 Å². The highest BCUT2D eigenvalue weighted by atomic mass is 16.8. The van der Waals surface area contributed by atoms with E-state index in [1.807, 2.05) is 44.2 Å². The summed E-state index contributed by atoms with van der Waals surface area (Å²) >= 11 is 0. The Kier molecular flexibility index (Phi) is 8.97. The Balaban J connectivity index is 1.56. The predicted molar refractivity (Wildman–Crippen MR) is 150 cm³/mol. The van der Waals surface area contributed by atoms with E-state index in [-0.39, 0.29) is 18.0 Å². The molecule has 42 heavy (non-hydrogen) atoms. The van der Waals surface area contributed by atoms with Crippen LogP contribution in [0.25, 0.3) is 11.3 Å². The molecule has 3 heterocycles. The van der Waals surface area contributed by atoms with E-state index in [0.717, 1.165) is 5.56 Å². The van der Waals surface area contributed by atoms with Gasteiger partial charge in [0.15, 0.2) is 5.60 Å².